The Labute approximate surface area is 196 Å². The predicted molar refractivity (Wildman–Crippen MR) is 123 cm³/mol. The number of hydrogen-bond donors (Lipinski definition) is 1. The molecule has 2 aromatic carbocycles. The first-order valence-corrected chi connectivity index (χ1v) is 12.6. The van der Waals surface area contributed by atoms with E-state index in [1.165, 1.54) is 0 Å². The fraction of sp³-hybridized carbons (Fsp3) is 0.409. The summed E-state index contributed by atoms with van der Waals surface area (Å²) in [6.07, 6.45) is -1.58. The Morgan fingerprint density at radius 2 is 1.76 bits per heavy atom. The quantitative estimate of drug-likeness (QED) is 0.599. The summed E-state index contributed by atoms with van der Waals surface area (Å²) in [7, 11) is -4.10. The maximum atomic E-state index is 13.1. The molecule has 0 aliphatic carbocycles. The lowest BCUT2D eigenvalue weighted by molar-refractivity contribution is -0.137. The molecule has 33 heavy (non-hydrogen) atoms. The van der Waals surface area contributed by atoms with E-state index in [0.717, 1.165) is 55.6 Å². The number of hydrogen-bond acceptors (Lipinski definition) is 4. The molecule has 180 valence electrons. The van der Waals surface area contributed by atoms with Gasteiger partial charge in [0.25, 0.3) is 0 Å². The molecule has 1 saturated heterocycles. The SMILES string of the molecule is CC(NC(=O)CN(c1cc(C(F)(F)F)ccc1Cl)S(C)(=O)=O)c1ccc(N2CCCC2)cc1. The van der Waals surface area contributed by atoms with E-state index >= 15 is 0 Å². The second kappa shape index (κ2) is 9.80. The molecular weight excluding hydrogens is 479 g/mol. The van der Waals surface area contributed by atoms with E-state index in [0.29, 0.717) is 10.4 Å². The maximum Gasteiger partial charge on any atom is 0.416 e. The van der Waals surface area contributed by atoms with E-state index in [9.17, 15) is 26.4 Å². The molecule has 6 nitrogen and oxygen atoms in total. The maximum absolute atomic E-state index is 13.1. The van der Waals surface area contributed by atoms with Gasteiger partial charge in [-0.25, -0.2) is 8.42 Å². The second-order valence-corrected chi connectivity index (χ2v) is 10.3. The van der Waals surface area contributed by atoms with Gasteiger partial charge < -0.3 is 10.2 Å². The zero-order valence-corrected chi connectivity index (χ0v) is 19.8. The highest BCUT2D eigenvalue weighted by Gasteiger charge is 2.33. The fourth-order valence-corrected chi connectivity index (χ4v) is 4.84. The molecule has 1 aliphatic heterocycles. The van der Waals surface area contributed by atoms with Crippen LogP contribution in [0.3, 0.4) is 0 Å². The van der Waals surface area contributed by atoms with E-state index in [1.807, 2.05) is 24.3 Å². The van der Waals surface area contributed by atoms with Crippen molar-refractivity contribution in [3.63, 3.8) is 0 Å². The van der Waals surface area contributed by atoms with Gasteiger partial charge >= 0.3 is 6.18 Å². The fourth-order valence-electron chi connectivity index (χ4n) is 3.71. The molecule has 11 heteroatoms. The van der Waals surface area contributed by atoms with Gasteiger partial charge in [0.15, 0.2) is 0 Å². The van der Waals surface area contributed by atoms with Gasteiger partial charge in [-0.1, -0.05) is 23.7 Å². The molecule has 2 aromatic rings. The smallest absolute Gasteiger partial charge is 0.372 e. The number of alkyl halides is 3. The lowest BCUT2D eigenvalue weighted by atomic mass is 10.1. The van der Waals surface area contributed by atoms with Gasteiger partial charge in [0.05, 0.1) is 28.6 Å². The van der Waals surface area contributed by atoms with Crippen molar-refractivity contribution in [2.75, 3.05) is 35.1 Å². The largest absolute Gasteiger partial charge is 0.416 e. The minimum absolute atomic E-state index is 0.216. The Morgan fingerprint density at radius 1 is 1.15 bits per heavy atom. The summed E-state index contributed by atoms with van der Waals surface area (Å²) in [5, 5.41) is 2.48. The van der Waals surface area contributed by atoms with Gasteiger partial charge in [0, 0.05) is 18.8 Å². The van der Waals surface area contributed by atoms with Crippen LogP contribution >= 0.6 is 11.6 Å². The van der Waals surface area contributed by atoms with Crippen LogP contribution in [0.25, 0.3) is 0 Å². The zero-order valence-electron chi connectivity index (χ0n) is 18.2. The number of carbonyl (C=O) groups is 1. The summed E-state index contributed by atoms with van der Waals surface area (Å²) in [5.74, 6) is -0.676. The van der Waals surface area contributed by atoms with Gasteiger partial charge in [-0.2, -0.15) is 13.2 Å². The van der Waals surface area contributed by atoms with Gasteiger partial charge in [-0.3, -0.25) is 9.10 Å². The number of halogens is 4. The summed E-state index contributed by atoms with van der Waals surface area (Å²) in [6, 6.07) is 9.59. The molecule has 1 fully saturated rings. The molecule has 0 saturated carbocycles. The van der Waals surface area contributed by atoms with Crippen LogP contribution in [0.4, 0.5) is 24.5 Å². The third kappa shape index (κ3) is 6.32. The lowest BCUT2D eigenvalue weighted by Crippen LogP contribution is -2.41. The molecule has 1 unspecified atom stereocenters. The van der Waals surface area contributed by atoms with Crippen molar-refractivity contribution in [1.82, 2.24) is 5.32 Å². The number of nitrogens with one attached hydrogen (secondary N) is 1. The molecule has 0 spiro atoms. The standard InChI is InChI=1S/C22H25ClF3N3O3S/c1-15(16-5-8-18(9-6-16)28-11-3-4-12-28)27-21(30)14-29(33(2,31)32)20-13-17(22(24,25)26)7-10-19(20)23/h5-10,13,15H,3-4,11-12,14H2,1-2H3,(H,27,30). The highest BCUT2D eigenvalue weighted by molar-refractivity contribution is 7.92. The Hall–Kier alpha value is -2.46. The number of sulfonamides is 1. The van der Waals surface area contributed by atoms with Crippen LogP contribution in [0.2, 0.25) is 5.02 Å². The lowest BCUT2D eigenvalue weighted by Gasteiger charge is -2.25. The van der Waals surface area contributed by atoms with E-state index in [2.05, 4.69) is 10.2 Å². The van der Waals surface area contributed by atoms with Crippen molar-refractivity contribution in [3.05, 3.63) is 58.6 Å². The van der Waals surface area contributed by atoms with Crippen LogP contribution in [0.15, 0.2) is 42.5 Å². The third-order valence-electron chi connectivity index (χ3n) is 5.47. The molecule has 1 heterocycles. The Kier molecular flexibility index (Phi) is 7.48. The van der Waals surface area contributed by atoms with Crippen molar-refractivity contribution in [2.24, 2.45) is 0 Å². The minimum Gasteiger partial charge on any atom is -0.372 e. The molecule has 0 aromatic heterocycles. The molecule has 1 aliphatic rings. The van der Waals surface area contributed by atoms with Crippen molar-refractivity contribution in [2.45, 2.75) is 32.0 Å². The van der Waals surface area contributed by atoms with Gasteiger partial charge in [-0.05, 0) is 55.7 Å². The van der Waals surface area contributed by atoms with Crippen LogP contribution in [0.5, 0.6) is 0 Å². The second-order valence-electron chi connectivity index (χ2n) is 8.01. The average Bonchev–Trinajstić information content (AvgIpc) is 3.26. The summed E-state index contributed by atoms with van der Waals surface area (Å²) < 4.78 is 64.5. The Balaban J connectivity index is 1.75. The number of amides is 1. The molecule has 1 amide bonds. The van der Waals surface area contributed by atoms with Crippen LogP contribution in [-0.2, 0) is 21.0 Å². The highest BCUT2D eigenvalue weighted by atomic mass is 35.5. The Bertz CT molecular complexity index is 1100. The van der Waals surface area contributed by atoms with Crippen LogP contribution in [0, 0.1) is 0 Å². The Morgan fingerprint density at radius 3 is 2.30 bits per heavy atom. The summed E-state index contributed by atoms with van der Waals surface area (Å²) in [6.45, 7) is 3.04. The van der Waals surface area contributed by atoms with Crippen molar-refractivity contribution in [1.29, 1.82) is 0 Å². The molecule has 0 radical (unpaired) electrons. The van der Waals surface area contributed by atoms with Crippen molar-refractivity contribution < 1.29 is 26.4 Å². The van der Waals surface area contributed by atoms with Gasteiger partial charge in [-0.15, -0.1) is 0 Å². The van der Waals surface area contributed by atoms with E-state index < -0.39 is 45.9 Å². The van der Waals surface area contributed by atoms with Crippen molar-refractivity contribution in [3.8, 4) is 0 Å². The van der Waals surface area contributed by atoms with E-state index in [4.69, 9.17) is 11.6 Å². The first-order chi connectivity index (χ1) is 15.4. The topological polar surface area (TPSA) is 69.7 Å². The summed E-state index contributed by atoms with van der Waals surface area (Å²) in [4.78, 5) is 14.9. The molecule has 1 atom stereocenters. The molecule has 1 N–H and O–H groups in total. The van der Waals surface area contributed by atoms with Gasteiger partial charge in [0.2, 0.25) is 15.9 Å². The number of carbonyl (C=O) groups excluding carboxylic acids is 1. The summed E-state index contributed by atoms with van der Waals surface area (Å²) >= 11 is 5.99. The minimum atomic E-state index is -4.69. The van der Waals surface area contributed by atoms with Crippen LogP contribution < -0.4 is 14.5 Å². The van der Waals surface area contributed by atoms with Crippen LogP contribution in [0.1, 0.15) is 36.9 Å². The number of anilines is 2. The monoisotopic (exact) mass is 503 g/mol. The average molecular weight is 504 g/mol. The van der Waals surface area contributed by atoms with Crippen LogP contribution in [-0.4, -0.2) is 40.2 Å². The predicted octanol–water partition coefficient (Wildman–Crippen LogP) is 4.60. The number of nitrogens with zero attached hydrogens (tertiary/aromatic N) is 2. The first-order valence-electron chi connectivity index (χ1n) is 10.3. The van der Waals surface area contributed by atoms with E-state index in [1.54, 1.807) is 6.92 Å². The van der Waals surface area contributed by atoms with E-state index in [-0.39, 0.29) is 5.02 Å². The summed E-state index contributed by atoms with van der Waals surface area (Å²) in [5.41, 5.74) is 0.431. The molecule has 0 bridgehead atoms. The number of rotatable bonds is 7. The zero-order chi connectivity index (χ0) is 24.4. The molecular formula is C22H25ClF3N3O3S. The normalized spacial score (nSPS) is 15.4. The number of benzene rings is 2. The first kappa shape index (κ1) is 25.2. The van der Waals surface area contributed by atoms with Gasteiger partial charge in [0.1, 0.15) is 6.54 Å². The third-order valence-corrected chi connectivity index (χ3v) is 6.92. The highest BCUT2D eigenvalue weighted by Crippen LogP contribution is 2.36. The molecule has 3 rings (SSSR count). The van der Waals surface area contributed by atoms with Crippen molar-refractivity contribution >= 4 is 38.9 Å².